The van der Waals surface area contributed by atoms with Crippen LogP contribution in [-0.2, 0) is 0 Å². The molecule has 5 heteroatoms. The smallest absolute Gasteiger partial charge is 0.147 e. The zero-order chi connectivity index (χ0) is 11.4. The van der Waals surface area contributed by atoms with Gasteiger partial charge in [-0.1, -0.05) is 23.7 Å². The fraction of sp³-hybridized carbons (Fsp3) is 0.200. The van der Waals surface area contributed by atoms with Crippen LogP contribution < -0.4 is 11.3 Å². The van der Waals surface area contributed by atoms with Crippen molar-refractivity contribution in [3.8, 4) is 0 Å². The molecule has 0 spiro atoms. The summed E-state index contributed by atoms with van der Waals surface area (Å²) in [6.45, 7) is 3.58. The Kier molecular flexibility index (Phi) is 4.73. The second-order valence-electron chi connectivity index (χ2n) is 3.01. The van der Waals surface area contributed by atoms with Gasteiger partial charge in [-0.25, -0.2) is 4.39 Å². The van der Waals surface area contributed by atoms with Crippen LogP contribution in [-0.4, -0.2) is 0 Å². The van der Waals surface area contributed by atoms with Gasteiger partial charge in [0.05, 0.1) is 11.1 Å². The van der Waals surface area contributed by atoms with Gasteiger partial charge in [0.1, 0.15) is 5.82 Å². The molecule has 0 bridgehead atoms. The molecule has 0 amide bonds. The first kappa shape index (κ1) is 12.6. The van der Waals surface area contributed by atoms with Crippen molar-refractivity contribution in [1.29, 1.82) is 0 Å². The summed E-state index contributed by atoms with van der Waals surface area (Å²) >= 11 is 8.91. The van der Waals surface area contributed by atoms with Gasteiger partial charge in [0, 0.05) is 10.0 Å². The van der Waals surface area contributed by atoms with Crippen molar-refractivity contribution in [2.75, 3.05) is 0 Å². The van der Waals surface area contributed by atoms with E-state index in [1.54, 1.807) is 18.2 Å². The lowest BCUT2D eigenvalue weighted by atomic mass is 10.0. The Balaban J connectivity index is 3.13. The van der Waals surface area contributed by atoms with Crippen LogP contribution in [0.2, 0.25) is 5.02 Å². The molecular weight excluding hydrogens is 282 g/mol. The van der Waals surface area contributed by atoms with Crippen molar-refractivity contribution >= 4 is 27.5 Å². The van der Waals surface area contributed by atoms with Gasteiger partial charge in [-0.3, -0.25) is 11.3 Å². The van der Waals surface area contributed by atoms with E-state index in [1.165, 1.54) is 0 Å². The molecule has 82 valence electrons. The van der Waals surface area contributed by atoms with Crippen LogP contribution in [0.1, 0.15) is 18.0 Å². The van der Waals surface area contributed by atoms with Crippen molar-refractivity contribution in [3.05, 3.63) is 45.7 Å². The van der Waals surface area contributed by atoms with Gasteiger partial charge < -0.3 is 0 Å². The Bertz CT molecular complexity index is 371. The molecule has 2 nitrogen and oxygen atoms in total. The van der Waals surface area contributed by atoms with E-state index in [0.29, 0.717) is 16.5 Å². The van der Waals surface area contributed by atoms with Crippen LogP contribution in [0.3, 0.4) is 0 Å². The Morgan fingerprint density at radius 2 is 2.33 bits per heavy atom. The average molecular weight is 294 g/mol. The summed E-state index contributed by atoms with van der Waals surface area (Å²) in [5.41, 5.74) is 2.96. The van der Waals surface area contributed by atoms with E-state index in [2.05, 4.69) is 27.9 Å². The van der Waals surface area contributed by atoms with Crippen LogP contribution in [0.5, 0.6) is 0 Å². The number of benzene rings is 1. The molecule has 0 aliphatic carbocycles. The Morgan fingerprint density at radius 1 is 1.67 bits per heavy atom. The van der Waals surface area contributed by atoms with Crippen LogP contribution in [0.4, 0.5) is 4.39 Å². The Hall–Kier alpha value is -0.420. The maximum atomic E-state index is 13.7. The fourth-order valence-electron chi connectivity index (χ4n) is 1.26. The predicted molar refractivity (Wildman–Crippen MR) is 64.0 cm³/mol. The summed E-state index contributed by atoms with van der Waals surface area (Å²) in [5, 5.41) is 0.0665. The highest BCUT2D eigenvalue weighted by molar-refractivity contribution is 9.10. The fourth-order valence-corrected chi connectivity index (χ4v) is 1.74. The summed E-state index contributed by atoms with van der Waals surface area (Å²) in [6.07, 6.45) is 2.20. The minimum Gasteiger partial charge on any atom is -0.271 e. The molecule has 1 rings (SSSR count). The molecule has 0 aromatic heterocycles. The maximum absolute atomic E-state index is 13.7. The van der Waals surface area contributed by atoms with Crippen molar-refractivity contribution < 1.29 is 4.39 Å². The zero-order valence-corrected chi connectivity index (χ0v) is 10.3. The summed E-state index contributed by atoms with van der Waals surface area (Å²) in [5.74, 6) is 4.87. The first-order chi connectivity index (χ1) is 7.11. The quantitative estimate of drug-likeness (QED) is 0.387. The van der Waals surface area contributed by atoms with Crippen LogP contribution in [0.25, 0.3) is 0 Å². The number of halogens is 3. The molecule has 1 aromatic carbocycles. The van der Waals surface area contributed by atoms with Gasteiger partial charge in [0.2, 0.25) is 0 Å². The number of rotatable bonds is 4. The van der Waals surface area contributed by atoms with Gasteiger partial charge in [-0.15, -0.1) is 6.58 Å². The minimum atomic E-state index is -0.462. The second-order valence-corrected chi connectivity index (χ2v) is 4.24. The molecule has 0 saturated heterocycles. The molecule has 1 aromatic rings. The summed E-state index contributed by atoms with van der Waals surface area (Å²) < 4.78 is 14.3. The third-order valence-electron chi connectivity index (χ3n) is 2.04. The zero-order valence-electron chi connectivity index (χ0n) is 7.93. The minimum absolute atomic E-state index is 0.0665. The molecule has 0 heterocycles. The third-order valence-corrected chi connectivity index (χ3v) is 3.30. The SMILES string of the molecule is C=CCC(NN)c1ccc(Br)c(Cl)c1F. The normalized spacial score (nSPS) is 12.5. The summed E-state index contributed by atoms with van der Waals surface area (Å²) in [6, 6.07) is 3.01. The second kappa shape index (κ2) is 5.61. The van der Waals surface area contributed by atoms with E-state index < -0.39 is 5.82 Å². The van der Waals surface area contributed by atoms with E-state index in [4.69, 9.17) is 17.4 Å². The molecule has 0 aliphatic rings. The monoisotopic (exact) mass is 292 g/mol. The predicted octanol–water partition coefficient (Wildman–Crippen LogP) is 3.32. The molecule has 3 N–H and O–H groups in total. The molecule has 0 saturated carbocycles. The molecule has 0 radical (unpaired) electrons. The first-order valence-corrected chi connectivity index (χ1v) is 5.49. The highest BCUT2D eigenvalue weighted by Crippen LogP contribution is 2.31. The highest BCUT2D eigenvalue weighted by Gasteiger charge is 2.16. The van der Waals surface area contributed by atoms with Crippen molar-refractivity contribution in [2.24, 2.45) is 5.84 Å². The number of nitrogens with two attached hydrogens (primary N) is 1. The molecule has 1 unspecified atom stereocenters. The Labute approximate surface area is 101 Å². The van der Waals surface area contributed by atoms with Crippen LogP contribution >= 0.6 is 27.5 Å². The van der Waals surface area contributed by atoms with Crippen molar-refractivity contribution in [1.82, 2.24) is 5.43 Å². The van der Waals surface area contributed by atoms with Gasteiger partial charge in [0.25, 0.3) is 0 Å². The number of hydrazine groups is 1. The van der Waals surface area contributed by atoms with E-state index in [9.17, 15) is 4.39 Å². The van der Waals surface area contributed by atoms with Gasteiger partial charge >= 0.3 is 0 Å². The van der Waals surface area contributed by atoms with E-state index in [-0.39, 0.29) is 11.1 Å². The lowest BCUT2D eigenvalue weighted by Gasteiger charge is -2.16. The lowest BCUT2D eigenvalue weighted by molar-refractivity contribution is 0.517. The third kappa shape index (κ3) is 2.78. The molecule has 15 heavy (non-hydrogen) atoms. The van der Waals surface area contributed by atoms with Gasteiger partial charge in [-0.05, 0) is 28.4 Å². The largest absolute Gasteiger partial charge is 0.271 e. The van der Waals surface area contributed by atoms with Crippen molar-refractivity contribution in [3.63, 3.8) is 0 Å². The average Bonchev–Trinajstić information content (AvgIpc) is 2.24. The highest BCUT2D eigenvalue weighted by atomic mass is 79.9. The van der Waals surface area contributed by atoms with Crippen LogP contribution in [0, 0.1) is 5.82 Å². The number of nitrogens with one attached hydrogen (secondary N) is 1. The standard InChI is InChI=1S/C10H11BrClFN2/c1-2-3-8(15-14)6-4-5-7(11)9(12)10(6)13/h2,4-5,8,15H,1,3,14H2. The first-order valence-electron chi connectivity index (χ1n) is 4.32. The van der Waals surface area contributed by atoms with Gasteiger partial charge in [-0.2, -0.15) is 0 Å². The molecule has 0 fully saturated rings. The van der Waals surface area contributed by atoms with E-state index >= 15 is 0 Å². The number of hydrogen-bond donors (Lipinski definition) is 2. The van der Waals surface area contributed by atoms with Gasteiger partial charge in [0.15, 0.2) is 0 Å². The maximum Gasteiger partial charge on any atom is 0.147 e. The Morgan fingerprint density at radius 3 is 2.87 bits per heavy atom. The lowest BCUT2D eigenvalue weighted by Crippen LogP contribution is -2.28. The summed E-state index contributed by atoms with van der Waals surface area (Å²) in [4.78, 5) is 0. The number of hydrogen-bond acceptors (Lipinski definition) is 2. The molecular formula is C10H11BrClFN2. The molecule has 0 aliphatic heterocycles. The summed E-state index contributed by atoms with van der Waals surface area (Å²) in [7, 11) is 0. The van der Waals surface area contributed by atoms with Crippen molar-refractivity contribution in [2.45, 2.75) is 12.5 Å². The van der Waals surface area contributed by atoms with E-state index in [0.717, 1.165) is 0 Å². The van der Waals surface area contributed by atoms with Crippen LogP contribution in [0.15, 0.2) is 29.3 Å². The molecule has 1 atom stereocenters. The topological polar surface area (TPSA) is 38.0 Å². The van der Waals surface area contributed by atoms with E-state index in [1.807, 2.05) is 0 Å².